The van der Waals surface area contributed by atoms with Crippen LogP contribution < -0.4 is 0 Å². The first-order chi connectivity index (χ1) is 11.3. The van der Waals surface area contributed by atoms with Crippen LogP contribution in [0.2, 0.25) is 0 Å². The minimum absolute atomic E-state index is 0.362. The van der Waals surface area contributed by atoms with E-state index in [-0.39, 0.29) is 5.97 Å². The van der Waals surface area contributed by atoms with Crippen molar-refractivity contribution in [1.29, 1.82) is 0 Å². The molecule has 114 valence electrons. The van der Waals surface area contributed by atoms with Gasteiger partial charge in [-0.1, -0.05) is 42.5 Å². The lowest BCUT2D eigenvalue weighted by Crippen LogP contribution is -2.00. The summed E-state index contributed by atoms with van der Waals surface area (Å²) in [5, 5.41) is 12.3. The fraction of sp³-hybridized carbons (Fsp3) is 0.0588. The molecule has 1 heterocycles. The molecule has 0 saturated carbocycles. The maximum absolute atomic E-state index is 11.4. The molecular formula is C17H14N4O2. The number of benzene rings is 2. The van der Waals surface area contributed by atoms with Gasteiger partial charge in [-0.05, 0) is 17.7 Å². The number of methoxy groups -OCH3 is 1. The van der Waals surface area contributed by atoms with Crippen LogP contribution in [0.5, 0.6) is 0 Å². The molecule has 0 aliphatic heterocycles. The van der Waals surface area contributed by atoms with Crippen molar-refractivity contribution in [2.75, 3.05) is 7.11 Å². The maximum atomic E-state index is 11.4. The van der Waals surface area contributed by atoms with Crippen LogP contribution >= 0.6 is 0 Å². The normalized spacial score (nSPS) is 10.8. The molecule has 0 aliphatic rings. The van der Waals surface area contributed by atoms with Crippen LogP contribution in [0.15, 0.2) is 66.0 Å². The highest BCUT2D eigenvalue weighted by Gasteiger charge is 2.06. The van der Waals surface area contributed by atoms with E-state index in [2.05, 4.69) is 20.0 Å². The molecule has 3 aromatic rings. The lowest BCUT2D eigenvalue weighted by molar-refractivity contribution is 0.0600. The van der Waals surface area contributed by atoms with Crippen LogP contribution in [-0.4, -0.2) is 34.2 Å². The van der Waals surface area contributed by atoms with Gasteiger partial charge in [-0.3, -0.25) is 0 Å². The third kappa shape index (κ3) is 3.32. The van der Waals surface area contributed by atoms with Crippen LogP contribution in [0.4, 0.5) is 0 Å². The molecule has 0 N–H and O–H groups in total. The average Bonchev–Trinajstić information content (AvgIpc) is 3.09. The smallest absolute Gasteiger partial charge is 0.337 e. The Morgan fingerprint density at radius 3 is 2.57 bits per heavy atom. The van der Waals surface area contributed by atoms with E-state index in [9.17, 15) is 4.79 Å². The predicted octanol–water partition coefficient (Wildman–Crippen LogP) is 2.61. The van der Waals surface area contributed by atoms with E-state index in [0.29, 0.717) is 11.4 Å². The van der Waals surface area contributed by atoms with Crippen molar-refractivity contribution < 1.29 is 9.53 Å². The first-order valence-corrected chi connectivity index (χ1v) is 6.96. The Bertz CT molecular complexity index is 823. The molecule has 23 heavy (non-hydrogen) atoms. The predicted molar refractivity (Wildman–Crippen MR) is 86.2 cm³/mol. The van der Waals surface area contributed by atoms with Crippen molar-refractivity contribution in [3.63, 3.8) is 0 Å². The summed E-state index contributed by atoms with van der Waals surface area (Å²) in [5.41, 5.74) is 2.28. The lowest BCUT2D eigenvalue weighted by atomic mass is 10.1. The van der Waals surface area contributed by atoms with E-state index in [4.69, 9.17) is 0 Å². The molecule has 0 saturated heterocycles. The van der Waals surface area contributed by atoms with E-state index in [1.54, 1.807) is 41.5 Å². The number of carbonyl (C=O) groups excluding carboxylic acids is 1. The van der Waals surface area contributed by atoms with Gasteiger partial charge < -0.3 is 4.74 Å². The summed E-state index contributed by atoms with van der Waals surface area (Å²) >= 11 is 0. The second kappa shape index (κ2) is 6.65. The molecule has 6 nitrogen and oxygen atoms in total. The molecule has 0 aliphatic carbocycles. The van der Waals surface area contributed by atoms with Gasteiger partial charge in [0, 0.05) is 5.56 Å². The fourth-order valence-corrected chi connectivity index (χ4v) is 2.04. The Hall–Kier alpha value is -3.28. The number of hydrogen-bond acceptors (Lipinski definition) is 5. The standard InChI is InChI=1S/C17H14N4O2/c1-23-17(22)15-9-7-13(8-10-15)11-19-21-12-18-20-16(21)14-5-3-2-4-6-14/h2-12H,1H3/b19-11-. The zero-order valence-corrected chi connectivity index (χ0v) is 12.5. The zero-order valence-electron chi connectivity index (χ0n) is 12.5. The van der Waals surface area contributed by atoms with E-state index in [1.807, 2.05) is 30.3 Å². The molecule has 0 bridgehead atoms. The van der Waals surface area contributed by atoms with Gasteiger partial charge in [0.05, 0.1) is 18.9 Å². The van der Waals surface area contributed by atoms with Crippen LogP contribution in [-0.2, 0) is 4.74 Å². The van der Waals surface area contributed by atoms with Crippen molar-refractivity contribution in [3.8, 4) is 11.4 Å². The van der Waals surface area contributed by atoms with Crippen molar-refractivity contribution in [2.45, 2.75) is 0 Å². The van der Waals surface area contributed by atoms with Crippen molar-refractivity contribution in [1.82, 2.24) is 14.9 Å². The molecule has 3 rings (SSSR count). The van der Waals surface area contributed by atoms with Gasteiger partial charge >= 0.3 is 5.97 Å². The number of rotatable bonds is 4. The molecule has 0 radical (unpaired) electrons. The summed E-state index contributed by atoms with van der Waals surface area (Å²) in [5.74, 6) is 0.298. The lowest BCUT2D eigenvalue weighted by Gasteiger charge is -2.01. The van der Waals surface area contributed by atoms with Gasteiger partial charge in [-0.2, -0.15) is 9.78 Å². The first-order valence-electron chi connectivity index (χ1n) is 6.96. The van der Waals surface area contributed by atoms with Crippen LogP contribution in [0.1, 0.15) is 15.9 Å². The molecule has 2 aromatic carbocycles. The van der Waals surface area contributed by atoms with E-state index >= 15 is 0 Å². The van der Waals surface area contributed by atoms with Gasteiger partial charge in [0.25, 0.3) is 0 Å². The SMILES string of the molecule is COC(=O)c1ccc(/C=N\n2cnnc2-c2ccccc2)cc1. The summed E-state index contributed by atoms with van der Waals surface area (Å²) in [6, 6.07) is 16.7. The fourth-order valence-electron chi connectivity index (χ4n) is 2.04. The Morgan fingerprint density at radius 2 is 1.87 bits per heavy atom. The van der Waals surface area contributed by atoms with Crippen LogP contribution in [0.3, 0.4) is 0 Å². The Balaban J connectivity index is 1.81. The number of ether oxygens (including phenoxy) is 1. The largest absolute Gasteiger partial charge is 0.465 e. The minimum atomic E-state index is -0.362. The van der Waals surface area contributed by atoms with Gasteiger partial charge in [0.15, 0.2) is 5.82 Å². The monoisotopic (exact) mass is 306 g/mol. The third-order valence-electron chi connectivity index (χ3n) is 3.23. The third-order valence-corrected chi connectivity index (χ3v) is 3.23. The molecule has 0 unspecified atom stereocenters. The molecule has 0 fully saturated rings. The van der Waals surface area contributed by atoms with E-state index in [0.717, 1.165) is 11.1 Å². The molecule has 6 heteroatoms. The van der Waals surface area contributed by atoms with Gasteiger partial charge in [0.2, 0.25) is 0 Å². The highest BCUT2D eigenvalue weighted by atomic mass is 16.5. The van der Waals surface area contributed by atoms with E-state index < -0.39 is 0 Å². The average molecular weight is 306 g/mol. The van der Waals surface area contributed by atoms with Crippen LogP contribution in [0.25, 0.3) is 11.4 Å². The molecule has 0 spiro atoms. The topological polar surface area (TPSA) is 69.4 Å². The number of hydrogen-bond donors (Lipinski definition) is 0. The van der Waals surface area contributed by atoms with Crippen molar-refractivity contribution >= 4 is 12.2 Å². The second-order valence-corrected chi connectivity index (χ2v) is 4.72. The summed E-state index contributed by atoms with van der Waals surface area (Å²) < 4.78 is 6.27. The highest BCUT2D eigenvalue weighted by Crippen LogP contribution is 2.15. The van der Waals surface area contributed by atoms with Gasteiger partial charge in [0.1, 0.15) is 6.33 Å². The molecular weight excluding hydrogens is 292 g/mol. The van der Waals surface area contributed by atoms with Crippen LogP contribution in [0, 0.1) is 0 Å². The summed E-state index contributed by atoms with van der Waals surface area (Å²) in [6.45, 7) is 0. The molecule has 0 atom stereocenters. The molecule has 1 aromatic heterocycles. The summed E-state index contributed by atoms with van der Waals surface area (Å²) in [4.78, 5) is 11.4. The molecule has 0 amide bonds. The first kappa shape index (κ1) is 14.6. The van der Waals surface area contributed by atoms with Crippen molar-refractivity contribution in [3.05, 3.63) is 72.1 Å². The highest BCUT2D eigenvalue weighted by molar-refractivity contribution is 5.90. The number of aromatic nitrogens is 3. The van der Waals surface area contributed by atoms with E-state index in [1.165, 1.54) is 7.11 Å². The second-order valence-electron chi connectivity index (χ2n) is 4.72. The Morgan fingerprint density at radius 1 is 1.13 bits per heavy atom. The van der Waals surface area contributed by atoms with Crippen molar-refractivity contribution in [2.24, 2.45) is 5.10 Å². The maximum Gasteiger partial charge on any atom is 0.337 e. The number of esters is 1. The summed E-state index contributed by atoms with van der Waals surface area (Å²) in [7, 11) is 1.36. The van der Waals surface area contributed by atoms with Gasteiger partial charge in [-0.25, -0.2) is 4.79 Å². The summed E-state index contributed by atoms with van der Waals surface area (Å²) in [6.07, 6.45) is 3.22. The Kier molecular flexibility index (Phi) is 4.24. The zero-order chi connectivity index (χ0) is 16.1. The number of carbonyl (C=O) groups is 1. The Labute approximate surface area is 133 Å². The quantitative estimate of drug-likeness (QED) is 0.549. The minimum Gasteiger partial charge on any atom is -0.465 e. The van der Waals surface area contributed by atoms with Gasteiger partial charge in [-0.15, -0.1) is 10.2 Å². The number of nitrogens with zero attached hydrogens (tertiary/aromatic N) is 4.